The van der Waals surface area contributed by atoms with Crippen LogP contribution in [0.3, 0.4) is 0 Å². The quantitative estimate of drug-likeness (QED) is 0.816. The van der Waals surface area contributed by atoms with E-state index in [0.29, 0.717) is 12.0 Å². The van der Waals surface area contributed by atoms with Crippen LogP contribution in [0.4, 0.5) is 4.39 Å². The van der Waals surface area contributed by atoms with Crippen molar-refractivity contribution in [3.63, 3.8) is 0 Å². The molecule has 0 amide bonds. The van der Waals surface area contributed by atoms with Crippen LogP contribution >= 0.6 is 0 Å². The van der Waals surface area contributed by atoms with Crippen LogP contribution in [-0.4, -0.2) is 26.2 Å². The van der Waals surface area contributed by atoms with Crippen LogP contribution < -0.4 is 4.72 Å². The first-order valence-corrected chi connectivity index (χ1v) is 8.21. The summed E-state index contributed by atoms with van der Waals surface area (Å²) in [5, 5.41) is 8.59. The number of benzene rings is 1. The summed E-state index contributed by atoms with van der Waals surface area (Å²) in [6.45, 7) is 5.34. The molecule has 1 aromatic rings. The number of aliphatic hydroxyl groups excluding tert-OH is 1. The molecule has 6 heteroatoms. The van der Waals surface area contributed by atoms with Gasteiger partial charge in [0, 0.05) is 11.6 Å². The van der Waals surface area contributed by atoms with E-state index in [0.717, 1.165) is 6.07 Å². The highest BCUT2D eigenvalue weighted by Gasteiger charge is 2.24. The van der Waals surface area contributed by atoms with Crippen molar-refractivity contribution in [3.05, 3.63) is 29.6 Å². The van der Waals surface area contributed by atoms with E-state index in [9.17, 15) is 12.8 Å². The Balaban J connectivity index is 3.09. The molecule has 0 radical (unpaired) electrons. The fraction of sp³-hybridized carbons (Fsp3) is 0.467. The zero-order valence-electron chi connectivity index (χ0n) is 12.4. The molecule has 4 nitrogen and oxygen atoms in total. The smallest absolute Gasteiger partial charge is 0.243 e. The summed E-state index contributed by atoms with van der Waals surface area (Å²) in [5.74, 6) is 4.17. The third kappa shape index (κ3) is 4.81. The minimum atomic E-state index is -3.91. The largest absolute Gasteiger partial charge is 0.384 e. The van der Waals surface area contributed by atoms with E-state index in [-0.39, 0.29) is 18.6 Å². The second-order valence-electron chi connectivity index (χ2n) is 4.99. The number of aliphatic hydroxyl groups is 1. The number of hydrogen-bond acceptors (Lipinski definition) is 3. The topological polar surface area (TPSA) is 66.4 Å². The van der Waals surface area contributed by atoms with Gasteiger partial charge < -0.3 is 5.11 Å². The fourth-order valence-corrected chi connectivity index (χ4v) is 3.42. The van der Waals surface area contributed by atoms with Gasteiger partial charge in [0.25, 0.3) is 0 Å². The van der Waals surface area contributed by atoms with Crippen LogP contribution in [0, 0.1) is 23.6 Å². The lowest BCUT2D eigenvalue weighted by atomic mass is 10.0. The average molecular weight is 313 g/mol. The third-order valence-corrected chi connectivity index (χ3v) is 4.61. The summed E-state index contributed by atoms with van der Waals surface area (Å²) in [6.07, 6.45) is 0.624. The Hall–Kier alpha value is -1.42. The second kappa shape index (κ2) is 7.55. The van der Waals surface area contributed by atoms with Gasteiger partial charge in [-0.3, -0.25) is 0 Å². The molecule has 116 valence electrons. The summed E-state index contributed by atoms with van der Waals surface area (Å²) >= 11 is 0. The molecule has 0 aliphatic rings. The lowest BCUT2D eigenvalue weighted by molar-refractivity contribution is 0.350. The highest BCUT2D eigenvalue weighted by Crippen LogP contribution is 2.18. The summed E-state index contributed by atoms with van der Waals surface area (Å²) in [4.78, 5) is -0.392. The highest BCUT2D eigenvalue weighted by atomic mass is 32.2. The molecule has 0 aromatic heterocycles. The van der Waals surface area contributed by atoms with Gasteiger partial charge in [0.15, 0.2) is 0 Å². The van der Waals surface area contributed by atoms with Crippen molar-refractivity contribution in [1.82, 2.24) is 4.72 Å². The van der Waals surface area contributed by atoms with E-state index in [4.69, 9.17) is 5.11 Å². The van der Waals surface area contributed by atoms with Crippen LogP contribution in [0.15, 0.2) is 23.1 Å². The van der Waals surface area contributed by atoms with Crippen molar-refractivity contribution < 1.29 is 17.9 Å². The Bertz CT molecular complexity index is 645. The maximum absolute atomic E-state index is 14.0. The number of sulfonamides is 1. The summed E-state index contributed by atoms with van der Waals surface area (Å²) in [5.41, 5.74) is 0.316. The lowest BCUT2D eigenvalue weighted by Crippen LogP contribution is -2.38. The van der Waals surface area contributed by atoms with Crippen molar-refractivity contribution in [2.75, 3.05) is 6.61 Å². The molecule has 0 bridgehead atoms. The first-order chi connectivity index (χ1) is 9.81. The Kier molecular flexibility index (Phi) is 6.34. The van der Waals surface area contributed by atoms with Crippen LogP contribution in [0.1, 0.15) is 32.8 Å². The molecule has 0 aliphatic carbocycles. The molecule has 2 N–H and O–H groups in total. The molecule has 0 fully saturated rings. The van der Waals surface area contributed by atoms with E-state index in [1.165, 1.54) is 12.1 Å². The van der Waals surface area contributed by atoms with Gasteiger partial charge in [0.05, 0.1) is 0 Å². The molecule has 0 aliphatic heterocycles. The molecule has 0 saturated carbocycles. The van der Waals surface area contributed by atoms with Crippen LogP contribution in [-0.2, 0) is 10.0 Å². The normalized spacial score (nSPS) is 12.9. The average Bonchev–Trinajstić information content (AvgIpc) is 2.42. The molecule has 0 saturated heterocycles. The van der Waals surface area contributed by atoms with Crippen molar-refractivity contribution in [2.45, 2.75) is 38.1 Å². The van der Waals surface area contributed by atoms with Gasteiger partial charge in [-0.05, 0) is 30.5 Å². The molecular formula is C15H20FNO3S. The molecule has 1 rings (SSSR count). The van der Waals surface area contributed by atoms with E-state index in [1.54, 1.807) is 0 Å². The van der Waals surface area contributed by atoms with Crippen LogP contribution in [0.5, 0.6) is 0 Å². The van der Waals surface area contributed by atoms with Crippen molar-refractivity contribution in [2.24, 2.45) is 5.92 Å². The maximum Gasteiger partial charge on any atom is 0.243 e. The summed E-state index contributed by atoms with van der Waals surface area (Å²) in [7, 11) is -3.91. The van der Waals surface area contributed by atoms with Gasteiger partial charge in [-0.25, -0.2) is 17.5 Å². The minimum absolute atomic E-state index is 0.113. The van der Waals surface area contributed by atoms with Crippen LogP contribution in [0.2, 0.25) is 0 Å². The van der Waals surface area contributed by atoms with Crippen molar-refractivity contribution in [3.8, 4) is 11.8 Å². The Morgan fingerprint density at radius 2 is 2.05 bits per heavy atom. The Morgan fingerprint density at radius 1 is 1.38 bits per heavy atom. The van der Waals surface area contributed by atoms with E-state index < -0.39 is 20.7 Å². The van der Waals surface area contributed by atoms with Crippen LogP contribution in [0.25, 0.3) is 0 Å². The SMILES string of the molecule is CCC(NS(=O)(=O)c1ccc(C#CCO)cc1F)C(C)C. The number of hydrogen-bond donors (Lipinski definition) is 2. The van der Waals surface area contributed by atoms with E-state index in [1.807, 2.05) is 20.8 Å². The lowest BCUT2D eigenvalue weighted by Gasteiger charge is -2.20. The van der Waals surface area contributed by atoms with Gasteiger partial charge in [0.2, 0.25) is 10.0 Å². The predicted molar refractivity (Wildman–Crippen MR) is 79.6 cm³/mol. The fourth-order valence-electron chi connectivity index (χ4n) is 1.89. The first-order valence-electron chi connectivity index (χ1n) is 6.73. The summed E-state index contributed by atoms with van der Waals surface area (Å²) < 4.78 is 40.9. The number of halogens is 1. The van der Waals surface area contributed by atoms with Gasteiger partial charge in [-0.2, -0.15) is 0 Å². The van der Waals surface area contributed by atoms with Crippen molar-refractivity contribution in [1.29, 1.82) is 0 Å². The Labute approximate surface area is 125 Å². The molecular weight excluding hydrogens is 293 g/mol. The molecule has 0 heterocycles. The molecule has 21 heavy (non-hydrogen) atoms. The van der Waals surface area contributed by atoms with Crippen molar-refractivity contribution >= 4 is 10.0 Å². The standard InChI is InChI=1S/C15H20FNO3S/c1-4-14(11(2)3)17-21(19,20)15-8-7-12(6-5-9-18)10-13(15)16/h7-8,10-11,14,17-18H,4,9H2,1-3H3. The number of nitrogens with one attached hydrogen (secondary N) is 1. The number of rotatable bonds is 5. The van der Waals surface area contributed by atoms with Gasteiger partial charge in [-0.15, -0.1) is 0 Å². The molecule has 1 atom stereocenters. The predicted octanol–water partition coefficient (Wildman–Crippen LogP) is 1.88. The highest BCUT2D eigenvalue weighted by molar-refractivity contribution is 7.89. The molecule has 1 aromatic carbocycles. The van der Waals surface area contributed by atoms with Gasteiger partial charge in [-0.1, -0.05) is 32.6 Å². The first kappa shape index (κ1) is 17.6. The minimum Gasteiger partial charge on any atom is -0.384 e. The van der Waals surface area contributed by atoms with E-state index in [2.05, 4.69) is 16.6 Å². The monoisotopic (exact) mass is 313 g/mol. The Morgan fingerprint density at radius 3 is 2.52 bits per heavy atom. The second-order valence-corrected chi connectivity index (χ2v) is 6.67. The van der Waals surface area contributed by atoms with Gasteiger partial charge in [0.1, 0.15) is 17.3 Å². The molecule has 0 spiro atoms. The zero-order valence-corrected chi connectivity index (χ0v) is 13.2. The third-order valence-electron chi connectivity index (χ3n) is 3.08. The molecule has 1 unspecified atom stereocenters. The van der Waals surface area contributed by atoms with Gasteiger partial charge >= 0.3 is 0 Å². The maximum atomic E-state index is 14.0. The summed E-state index contributed by atoms with van der Waals surface area (Å²) in [6, 6.07) is 3.40. The van der Waals surface area contributed by atoms with E-state index >= 15 is 0 Å². The zero-order chi connectivity index (χ0) is 16.0.